The minimum Gasteiger partial charge on any atom is -0.497 e. The number of aryl methyl sites for hydroxylation is 1. The van der Waals surface area contributed by atoms with E-state index >= 15 is 0 Å². The third-order valence-electron chi connectivity index (χ3n) is 5.11. The van der Waals surface area contributed by atoms with Gasteiger partial charge in [-0.2, -0.15) is 5.10 Å². The van der Waals surface area contributed by atoms with Crippen molar-refractivity contribution in [2.75, 3.05) is 25.1 Å². The van der Waals surface area contributed by atoms with E-state index in [0.717, 1.165) is 59.2 Å². The average molecular weight is 397 g/mol. The summed E-state index contributed by atoms with van der Waals surface area (Å²) in [5, 5.41) is 12.8. The van der Waals surface area contributed by atoms with Crippen LogP contribution in [0, 0.1) is 6.92 Å². The minimum absolute atomic E-state index is 0.0281. The van der Waals surface area contributed by atoms with Crippen LogP contribution in [0.1, 0.15) is 28.1 Å². The van der Waals surface area contributed by atoms with Crippen LogP contribution in [0.2, 0.25) is 0 Å². The van der Waals surface area contributed by atoms with E-state index in [1.807, 2.05) is 42.6 Å². The highest BCUT2D eigenvalue weighted by Crippen LogP contribution is 2.26. The standard InChI is InChI=1S/C21H24N4O2S/c1-14-9-11-28-20(14)21(26)22-16-4-3-10-25(13-16)19-12-18(23-24-19)15-5-7-17(27-2)8-6-15/h5-9,11-12,16H,3-4,10,13H2,1-2H3,(H,22,26)(H,23,24). The molecular formula is C21H24N4O2S. The maximum absolute atomic E-state index is 12.5. The number of amides is 1. The number of carbonyl (C=O) groups is 1. The van der Waals surface area contributed by atoms with E-state index in [9.17, 15) is 4.79 Å². The summed E-state index contributed by atoms with van der Waals surface area (Å²) in [6, 6.07) is 12.1. The van der Waals surface area contributed by atoms with Crippen molar-refractivity contribution in [1.29, 1.82) is 0 Å². The molecule has 2 N–H and O–H groups in total. The molecular weight excluding hydrogens is 372 g/mol. The minimum atomic E-state index is 0.0281. The number of nitrogens with zero attached hydrogens (tertiary/aromatic N) is 2. The summed E-state index contributed by atoms with van der Waals surface area (Å²) in [5.41, 5.74) is 3.07. The number of benzene rings is 1. The number of carbonyl (C=O) groups excluding carboxylic acids is 1. The second-order valence-corrected chi connectivity index (χ2v) is 7.98. The highest BCUT2D eigenvalue weighted by molar-refractivity contribution is 7.12. The SMILES string of the molecule is COc1ccc(-c2cc(N3CCCC(NC(=O)c4sccc4C)C3)n[nH]2)cc1. The van der Waals surface area contributed by atoms with Crippen LogP contribution in [0.3, 0.4) is 0 Å². The summed E-state index contributed by atoms with van der Waals surface area (Å²) in [6.07, 6.45) is 2.02. The molecule has 0 bridgehead atoms. The number of thiophene rings is 1. The van der Waals surface area contributed by atoms with Gasteiger partial charge in [-0.05, 0) is 66.6 Å². The van der Waals surface area contributed by atoms with Crippen molar-refractivity contribution in [2.45, 2.75) is 25.8 Å². The zero-order valence-corrected chi connectivity index (χ0v) is 16.9. The molecule has 146 valence electrons. The molecule has 4 rings (SSSR count). The Hall–Kier alpha value is -2.80. The van der Waals surface area contributed by atoms with Gasteiger partial charge in [0, 0.05) is 25.2 Å². The second kappa shape index (κ2) is 8.06. The largest absolute Gasteiger partial charge is 0.497 e. The van der Waals surface area contributed by atoms with Crippen LogP contribution in [-0.2, 0) is 0 Å². The average Bonchev–Trinajstić information content (AvgIpc) is 3.37. The van der Waals surface area contributed by atoms with E-state index in [1.54, 1.807) is 7.11 Å². The number of hydrogen-bond acceptors (Lipinski definition) is 5. The number of hydrogen-bond donors (Lipinski definition) is 2. The first-order valence-electron chi connectivity index (χ1n) is 9.44. The number of ether oxygens (including phenoxy) is 1. The summed E-state index contributed by atoms with van der Waals surface area (Å²) in [7, 11) is 1.66. The number of rotatable bonds is 5. The van der Waals surface area contributed by atoms with Gasteiger partial charge in [-0.3, -0.25) is 9.89 Å². The first-order valence-corrected chi connectivity index (χ1v) is 10.3. The molecule has 0 spiro atoms. The fourth-order valence-electron chi connectivity index (χ4n) is 3.55. The maximum Gasteiger partial charge on any atom is 0.261 e. The monoisotopic (exact) mass is 396 g/mol. The van der Waals surface area contributed by atoms with Crippen molar-refractivity contribution < 1.29 is 9.53 Å². The van der Waals surface area contributed by atoms with Crippen molar-refractivity contribution in [3.05, 3.63) is 52.2 Å². The summed E-state index contributed by atoms with van der Waals surface area (Å²) >= 11 is 1.50. The molecule has 1 aromatic carbocycles. The van der Waals surface area contributed by atoms with Crippen molar-refractivity contribution in [2.24, 2.45) is 0 Å². The molecule has 3 aromatic rings. The van der Waals surface area contributed by atoms with E-state index in [2.05, 4.69) is 26.5 Å². The first kappa shape index (κ1) is 18.6. The third kappa shape index (κ3) is 3.89. The fraction of sp³-hybridized carbons (Fsp3) is 0.333. The van der Waals surface area contributed by atoms with Gasteiger partial charge in [0.05, 0.1) is 17.7 Å². The molecule has 0 radical (unpaired) electrons. The number of nitrogens with one attached hydrogen (secondary N) is 2. The van der Waals surface area contributed by atoms with Gasteiger partial charge in [-0.1, -0.05) is 0 Å². The predicted octanol–water partition coefficient (Wildman–Crippen LogP) is 3.85. The molecule has 1 unspecified atom stereocenters. The van der Waals surface area contributed by atoms with Crippen LogP contribution in [0.25, 0.3) is 11.3 Å². The van der Waals surface area contributed by atoms with Gasteiger partial charge in [-0.25, -0.2) is 0 Å². The Kier molecular flexibility index (Phi) is 5.34. The van der Waals surface area contributed by atoms with E-state index in [4.69, 9.17) is 4.74 Å². The number of H-pyrrole nitrogens is 1. The van der Waals surface area contributed by atoms with Crippen molar-refractivity contribution in [1.82, 2.24) is 15.5 Å². The Morgan fingerprint density at radius 3 is 2.86 bits per heavy atom. The third-order valence-corrected chi connectivity index (χ3v) is 6.13. The molecule has 1 atom stereocenters. The Morgan fingerprint density at radius 1 is 1.32 bits per heavy atom. The molecule has 1 aliphatic rings. The van der Waals surface area contributed by atoms with Crippen LogP contribution in [0.4, 0.5) is 5.82 Å². The Balaban J connectivity index is 1.42. The first-order chi connectivity index (χ1) is 13.6. The maximum atomic E-state index is 12.5. The Bertz CT molecular complexity index is 947. The van der Waals surface area contributed by atoms with Gasteiger partial charge in [0.25, 0.3) is 5.91 Å². The summed E-state index contributed by atoms with van der Waals surface area (Å²) < 4.78 is 5.22. The smallest absolute Gasteiger partial charge is 0.261 e. The van der Waals surface area contributed by atoms with Crippen molar-refractivity contribution >= 4 is 23.1 Å². The lowest BCUT2D eigenvalue weighted by Gasteiger charge is -2.33. The van der Waals surface area contributed by atoms with Gasteiger partial charge in [0.2, 0.25) is 0 Å². The van der Waals surface area contributed by atoms with Crippen molar-refractivity contribution in [3.63, 3.8) is 0 Å². The highest BCUT2D eigenvalue weighted by atomic mass is 32.1. The van der Waals surface area contributed by atoms with Gasteiger partial charge >= 0.3 is 0 Å². The predicted molar refractivity (Wildman–Crippen MR) is 112 cm³/mol. The molecule has 1 fully saturated rings. The van der Waals surface area contributed by atoms with E-state index in [0.29, 0.717) is 0 Å². The van der Waals surface area contributed by atoms with E-state index in [1.165, 1.54) is 11.3 Å². The molecule has 0 aliphatic carbocycles. The summed E-state index contributed by atoms with van der Waals surface area (Å²) in [6.45, 7) is 3.68. The molecule has 0 saturated carbocycles. The summed E-state index contributed by atoms with van der Waals surface area (Å²) in [4.78, 5) is 15.6. The van der Waals surface area contributed by atoms with Gasteiger partial charge in [0.15, 0.2) is 5.82 Å². The number of anilines is 1. The zero-order chi connectivity index (χ0) is 19.5. The van der Waals surface area contributed by atoms with E-state index < -0.39 is 0 Å². The lowest BCUT2D eigenvalue weighted by Crippen LogP contribution is -2.47. The van der Waals surface area contributed by atoms with Crippen LogP contribution in [0.5, 0.6) is 5.75 Å². The van der Waals surface area contributed by atoms with Gasteiger partial charge < -0.3 is 15.0 Å². The fourth-order valence-corrected chi connectivity index (χ4v) is 4.38. The number of aromatic nitrogens is 2. The van der Waals surface area contributed by atoms with Crippen LogP contribution in [-0.4, -0.2) is 42.3 Å². The van der Waals surface area contributed by atoms with Gasteiger partial charge in [-0.15, -0.1) is 11.3 Å². The van der Waals surface area contributed by atoms with Gasteiger partial charge in [0.1, 0.15) is 5.75 Å². The van der Waals surface area contributed by atoms with E-state index in [-0.39, 0.29) is 11.9 Å². The zero-order valence-electron chi connectivity index (χ0n) is 16.1. The molecule has 7 heteroatoms. The molecule has 1 saturated heterocycles. The van der Waals surface area contributed by atoms with Crippen molar-refractivity contribution in [3.8, 4) is 17.0 Å². The number of methoxy groups -OCH3 is 1. The second-order valence-electron chi connectivity index (χ2n) is 7.06. The normalized spacial score (nSPS) is 16.8. The number of aromatic amines is 1. The lowest BCUT2D eigenvalue weighted by atomic mass is 10.1. The van der Waals surface area contributed by atoms with Crippen LogP contribution < -0.4 is 15.0 Å². The Morgan fingerprint density at radius 2 is 2.14 bits per heavy atom. The summed E-state index contributed by atoms with van der Waals surface area (Å²) in [5.74, 6) is 1.77. The Labute approximate surface area is 168 Å². The molecule has 3 heterocycles. The molecule has 6 nitrogen and oxygen atoms in total. The molecule has 1 aliphatic heterocycles. The quantitative estimate of drug-likeness (QED) is 0.687. The molecule has 28 heavy (non-hydrogen) atoms. The topological polar surface area (TPSA) is 70.2 Å². The lowest BCUT2D eigenvalue weighted by molar-refractivity contribution is 0.0936. The number of piperidine rings is 1. The molecule has 1 amide bonds. The van der Waals surface area contributed by atoms with Crippen LogP contribution in [0.15, 0.2) is 41.8 Å². The van der Waals surface area contributed by atoms with Crippen LogP contribution >= 0.6 is 11.3 Å². The highest BCUT2D eigenvalue weighted by Gasteiger charge is 2.24. The molecule has 2 aromatic heterocycles.